The Bertz CT molecular complexity index is 2720. The maximum absolute atomic E-state index is 14.0. The molecule has 0 saturated heterocycles. The van der Waals surface area contributed by atoms with Crippen LogP contribution in [0.1, 0.15) is 41.4 Å². The highest BCUT2D eigenvalue weighted by atomic mass is 16.2. The van der Waals surface area contributed by atoms with Gasteiger partial charge in [0.2, 0.25) is 0 Å². The second-order valence-corrected chi connectivity index (χ2v) is 13.9. The molecule has 0 aliphatic carbocycles. The highest BCUT2D eigenvalue weighted by Gasteiger charge is 2.36. The van der Waals surface area contributed by atoms with Gasteiger partial charge in [-0.05, 0) is 90.3 Å². The molecule has 9 aromatic rings. The summed E-state index contributed by atoms with van der Waals surface area (Å²) in [5, 5.41) is 11.3. The summed E-state index contributed by atoms with van der Waals surface area (Å²) in [6, 6.07) is 47.3. The van der Waals surface area contributed by atoms with Gasteiger partial charge in [-0.15, -0.1) is 0 Å². The van der Waals surface area contributed by atoms with Crippen LogP contribution in [0, 0.1) is 0 Å². The van der Waals surface area contributed by atoms with E-state index in [0.29, 0.717) is 33.0 Å². The number of fused-ring (bicyclic) bond motifs is 2. The van der Waals surface area contributed by atoms with Crippen molar-refractivity contribution in [3.05, 3.63) is 168 Å². The number of benzene rings is 9. The summed E-state index contributed by atoms with van der Waals surface area (Å²) in [5.74, 6) is -1.84. The van der Waals surface area contributed by atoms with Crippen molar-refractivity contribution in [3.63, 3.8) is 0 Å². The number of hydrogen-bond donors (Lipinski definition) is 2. The van der Waals surface area contributed by atoms with Crippen LogP contribution in [0.3, 0.4) is 0 Å². The van der Waals surface area contributed by atoms with Crippen LogP contribution in [0.15, 0.2) is 146 Å². The number of hydrogen-bond acceptors (Lipinski definition) is 4. The molecule has 0 radical (unpaired) electrons. The molecule has 2 heterocycles. The topological polar surface area (TPSA) is 92.3 Å². The molecule has 6 nitrogen and oxygen atoms in total. The van der Waals surface area contributed by atoms with Crippen molar-refractivity contribution in [1.29, 1.82) is 0 Å². The Morgan fingerprint density at radius 3 is 0.685 bits per heavy atom. The first-order valence-corrected chi connectivity index (χ1v) is 17.8. The van der Waals surface area contributed by atoms with E-state index in [2.05, 4.69) is 10.6 Å². The van der Waals surface area contributed by atoms with E-state index < -0.39 is 23.6 Å². The maximum Gasteiger partial charge on any atom is 0.258 e. The average molecular weight is 695 g/mol. The molecule has 54 heavy (non-hydrogen) atoms. The van der Waals surface area contributed by atoms with Crippen molar-refractivity contribution in [3.8, 4) is 44.5 Å². The van der Waals surface area contributed by atoms with Gasteiger partial charge in [0.15, 0.2) is 0 Å². The fraction of sp³-hybridized carbons (Fsp3) is 0. The number of carbonyl (C=O) groups excluding carboxylic acids is 4. The minimum atomic E-state index is -0.459. The fourth-order valence-electron chi connectivity index (χ4n) is 8.88. The molecule has 6 heteroatoms. The lowest BCUT2D eigenvalue weighted by molar-refractivity contribution is 0.0828. The van der Waals surface area contributed by atoms with Gasteiger partial charge in [0.05, 0.1) is 0 Å². The number of rotatable bonds is 4. The van der Waals surface area contributed by atoms with Crippen LogP contribution in [0.2, 0.25) is 0 Å². The molecule has 0 aromatic heterocycles. The summed E-state index contributed by atoms with van der Waals surface area (Å²) in [5.41, 5.74) is 8.38. The Hall–Kier alpha value is -7.44. The number of carbonyl (C=O) groups is 4. The monoisotopic (exact) mass is 694 g/mol. The first-order valence-electron chi connectivity index (χ1n) is 17.8. The predicted molar refractivity (Wildman–Crippen MR) is 213 cm³/mol. The third-order valence-corrected chi connectivity index (χ3v) is 11.1. The molecule has 0 unspecified atom stereocenters. The molecular formula is C48H26N2O4. The Balaban J connectivity index is 1.56. The second-order valence-electron chi connectivity index (χ2n) is 13.9. The lowest BCUT2D eigenvalue weighted by atomic mass is 9.74. The van der Waals surface area contributed by atoms with Crippen molar-refractivity contribution < 1.29 is 19.2 Å². The van der Waals surface area contributed by atoms with E-state index in [1.54, 1.807) is 0 Å². The summed E-state index contributed by atoms with van der Waals surface area (Å²) < 4.78 is 0. The Labute approximate surface area is 308 Å². The third kappa shape index (κ3) is 4.05. The zero-order valence-corrected chi connectivity index (χ0v) is 28.5. The van der Waals surface area contributed by atoms with E-state index in [9.17, 15) is 19.2 Å². The molecule has 2 aliphatic heterocycles. The molecule has 0 spiro atoms. The van der Waals surface area contributed by atoms with Gasteiger partial charge in [0, 0.05) is 43.8 Å². The van der Waals surface area contributed by atoms with Gasteiger partial charge in [0.1, 0.15) is 0 Å². The SMILES string of the molecule is O=C1NC(=O)c2cc(-c3ccccc3)c3c4c(-c5ccccc5)cc5c6c(cc(-c7ccccc7)c(c7c(-c8ccccc8)cc1c2c73)c64)C(=O)NC5=O. The van der Waals surface area contributed by atoms with Gasteiger partial charge in [-0.3, -0.25) is 29.8 Å². The van der Waals surface area contributed by atoms with Crippen LogP contribution in [-0.4, -0.2) is 23.6 Å². The van der Waals surface area contributed by atoms with Crippen molar-refractivity contribution in [2.45, 2.75) is 0 Å². The van der Waals surface area contributed by atoms with E-state index in [-0.39, 0.29) is 0 Å². The largest absolute Gasteiger partial charge is 0.288 e. The molecule has 2 N–H and O–H groups in total. The summed E-state index contributed by atoms with van der Waals surface area (Å²) in [6.07, 6.45) is 0. The molecule has 0 saturated carbocycles. The normalized spacial score (nSPS) is 13.6. The highest BCUT2D eigenvalue weighted by Crippen LogP contribution is 2.55. The van der Waals surface area contributed by atoms with Crippen LogP contribution >= 0.6 is 0 Å². The van der Waals surface area contributed by atoms with Crippen LogP contribution in [0.4, 0.5) is 0 Å². The van der Waals surface area contributed by atoms with Crippen molar-refractivity contribution >= 4 is 66.7 Å². The lowest BCUT2D eigenvalue weighted by Gasteiger charge is -2.29. The molecule has 0 fully saturated rings. The molecule has 0 atom stereocenters. The van der Waals surface area contributed by atoms with Crippen molar-refractivity contribution in [2.75, 3.05) is 0 Å². The lowest BCUT2D eigenvalue weighted by Crippen LogP contribution is -2.35. The quantitative estimate of drug-likeness (QED) is 0.109. The zero-order chi connectivity index (χ0) is 36.2. The molecule has 11 rings (SSSR count). The minimum absolute atomic E-state index is 0.411. The predicted octanol–water partition coefficient (Wildman–Crippen LogP) is 10.2. The fourth-order valence-corrected chi connectivity index (χ4v) is 8.88. The molecule has 9 aromatic carbocycles. The van der Waals surface area contributed by atoms with E-state index in [0.717, 1.165) is 76.8 Å². The average Bonchev–Trinajstić information content (AvgIpc) is 3.22. The van der Waals surface area contributed by atoms with Gasteiger partial charge < -0.3 is 0 Å². The van der Waals surface area contributed by atoms with Crippen LogP contribution < -0.4 is 10.6 Å². The van der Waals surface area contributed by atoms with Gasteiger partial charge in [-0.25, -0.2) is 0 Å². The van der Waals surface area contributed by atoms with Gasteiger partial charge in [-0.1, -0.05) is 121 Å². The Morgan fingerprint density at radius 2 is 0.463 bits per heavy atom. The molecular weight excluding hydrogens is 669 g/mol. The van der Waals surface area contributed by atoms with Gasteiger partial charge in [-0.2, -0.15) is 0 Å². The maximum atomic E-state index is 14.0. The second kappa shape index (κ2) is 11.0. The first-order chi connectivity index (χ1) is 26.5. The molecule has 4 amide bonds. The summed E-state index contributed by atoms with van der Waals surface area (Å²) in [6.45, 7) is 0. The number of amides is 4. The summed E-state index contributed by atoms with van der Waals surface area (Å²) in [7, 11) is 0. The van der Waals surface area contributed by atoms with Crippen LogP contribution in [0.25, 0.3) is 87.6 Å². The molecule has 252 valence electrons. The van der Waals surface area contributed by atoms with Gasteiger partial charge in [0.25, 0.3) is 23.6 Å². The molecule has 0 bridgehead atoms. The van der Waals surface area contributed by atoms with Crippen molar-refractivity contribution in [1.82, 2.24) is 10.6 Å². The summed E-state index contributed by atoms with van der Waals surface area (Å²) in [4.78, 5) is 55.8. The number of imide groups is 2. The minimum Gasteiger partial charge on any atom is -0.288 e. The van der Waals surface area contributed by atoms with Gasteiger partial charge >= 0.3 is 0 Å². The van der Waals surface area contributed by atoms with Crippen LogP contribution in [0.5, 0.6) is 0 Å². The van der Waals surface area contributed by atoms with Crippen LogP contribution in [-0.2, 0) is 0 Å². The van der Waals surface area contributed by atoms with E-state index in [1.165, 1.54) is 0 Å². The van der Waals surface area contributed by atoms with E-state index in [4.69, 9.17) is 0 Å². The highest BCUT2D eigenvalue weighted by molar-refractivity contribution is 6.47. The van der Waals surface area contributed by atoms with Crippen molar-refractivity contribution in [2.24, 2.45) is 0 Å². The standard InChI is InChI=1S/C48H26N2O4/c51-45-33-21-29(25-13-5-1-6-14-25)39-40-30(26-15-7-2-8-16-26)22-35-38-36(48(54)50-47(35)53)24-32(28-19-11-4-12-20-28)42(44(38)40)41-31(27-17-9-3-10-18-27)23-34(46(52)49-45)37(33)43(39)41/h1-24H,(H,49,51,52)(H,50,53,54). The number of nitrogens with one attached hydrogen (secondary N) is 2. The third-order valence-electron chi connectivity index (χ3n) is 11.1. The Morgan fingerprint density at radius 1 is 0.241 bits per heavy atom. The zero-order valence-electron chi connectivity index (χ0n) is 28.5. The summed E-state index contributed by atoms with van der Waals surface area (Å²) >= 11 is 0. The Kier molecular flexibility index (Phi) is 6.17. The van der Waals surface area contributed by atoms with E-state index >= 15 is 0 Å². The molecule has 2 aliphatic rings. The smallest absolute Gasteiger partial charge is 0.258 e. The first kappa shape index (κ1) is 30.2. The van der Waals surface area contributed by atoms with E-state index in [1.807, 2.05) is 146 Å².